The number of anilines is 2. The van der Waals surface area contributed by atoms with E-state index in [4.69, 9.17) is 15.3 Å². The summed E-state index contributed by atoms with van der Waals surface area (Å²) in [5.41, 5.74) is 1.87. The van der Waals surface area contributed by atoms with Crippen LogP contribution in [0.2, 0.25) is 0 Å². The van der Waals surface area contributed by atoms with Crippen molar-refractivity contribution < 1.29 is 14.6 Å². The van der Waals surface area contributed by atoms with E-state index in [1.165, 1.54) is 0 Å². The molecule has 1 aliphatic heterocycles. The molecule has 20 heavy (non-hydrogen) atoms. The Labute approximate surface area is 116 Å². The molecule has 0 spiro atoms. The highest BCUT2D eigenvalue weighted by Gasteiger charge is 2.33. The quantitative estimate of drug-likeness (QED) is 0.404. The van der Waals surface area contributed by atoms with Crippen molar-refractivity contribution in [2.75, 3.05) is 37.2 Å². The smallest absolute Gasteiger partial charge is 0.323 e. The number of nitrogens with two attached hydrogens (primary N) is 1. The fourth-order valence-electron chi connectivity index (χ4n) is 1.99. The van der Waals surface area contributed by atoms with Gasteiger partial charge in [-0.3, -0.25) is 5.43 Å². The zero-order valence-corrected chi connectivity index (χ0v) is 11.4. The van der Waals surface area contributed by atoms with Crippen molar-refractivity contribution >= 4 is 11.9 Å². The summed E-state index contributed by atoms with van der Waals surface area (Å²) in [6.07, 6.45) is 1.34. The number of hydrazine groups is 1. The van der Waals surface area contributed by atoms with Crippen LogP contribution in [-0.4, -0.2) is 52.0 Å². The first-order valence-electron chi connectivity index (χ1n) is 6.53. The van der Waals surface area contributed by atoms with Crippen molar-refractivity contribution in [3.8, 4) is 6.01 Å². The zero-order chi connectivity index (χ0) is 14.4. The summed E-state index contributed by atoms with van der Waals surface area (Å²) in [4.78, 5) is 12.3. The second-order valence-electron chi connectivity index (χ2n) is 4.52. The monoisotopic (exact) mass is 284 g/mol. The van der Waals surface area contributed by atoms with E-state index in [0.29, 0.717) is 38.6 Å². The summed E-state index contributed by atoms with van der Waals surface area (Å²) in [5.74, 6) is 5.84. The second kappa shape index (κ2) is 6.64. The lowest BCUT2D eigenvalue weighted by atomic mass is 9.91. The van der Waals surface area contributed by atoms with E-state index < -0.39 is 5.54 Å². The fourth-order valence-corrected chi connectivity index (χ4v) is 1.99. The van der Waals surface area contributed by atoms with Crippen LogP contribution in [0.15, 0.2) is 0 Å². The van der Waals surface area contributed by atoms with E-state index in [0.717, 1.165) is 0 Å². The number of rotatable bonds is 6. The van der Waals surface area contributed by atoms with E-state index in [1.807, 2.05) is 6.92 Å². The molecule has 5 N–H and O–H groups in total. The predicted molar refractivity (Wildman–Crippen MR) is 72.3 cm³/mol. The third-order valence-corrected chi connectivity index (χ3v) is 3.15. The summed E-state index contributed by atoms with van der Waals surface area (Å²) in [7, 11) is 0. The molecule has 1 aromatic heterocycles. The number of hydrogen-bond acceptors (Lipinski definition) is 9. The molecule has 0 unspecified atom stereocenters. The summed E-state index contributed by atoms with van der Waals surface area (Å²) < 4.78 is 10.6. The molecule has 0 atom stereocenters. The van der Waals surface area contributed by atoms with Crippen molar-refractivity contribution in [1.82, 2.24) is 15.0 Å². The molecule has 9 nitrogen and oxygen atoms in total. The number of nitrogen functional groups attached to an aromatic ring is 1. The van der Waals surface area contributed by atoms with Crippen molar-refractivity contribution in [2.24, 2.45) is 5.84 Å². The highest BCUT2D eigenvalue weighted by molar-refractivity contribution is 5.37. The number of nitrogens with zero attached hydrogens (tertiary/aromatic N) is 3. The van der Waals surface area contributed by atoms with Crippen LogP contribution < -0.4 is 21.3 Å². The molecular weight excluding hydrogens is 264 g/mol. The van der Waals surface area contributed by atoms with Crippen LogP contribution in [0.1, 0.15) is 19.8 Å². The maximum absolute atomic E-state index is 9.64. The number of ether oxygens (including phenoxy) is 2. The summed E-state index contributed by atoms with van der Waals surface area (Å²) in [6.45, 7) is 3.40. The standard InChI is InChI=1S/C11H20N6O3/c1-2-20-10-14-8(13-9(15-10)17-12)16-11(7-18)3-5-19-6-4-11/h18H,2-7,12H2,1H3,(H2,13,14,15,16,17). The Morgan fingerprint density at radius 2 is 2.00 bits per heavy atom. The fraction of sp³-hybridized carbons (Fsp3) is 0.727. The first-order chi connectivity index (χ1) is 9.71. The van der Waals surface area contributed by atoms with Gasteiger partial charge in [0.2, 0.25) is 11.9 Å². The molecule has 0 aromatic carbocycles. The van der Waals surface area contributed by atoms with Gasteiger partial charge in [-0.1, -0.05) is 0 Å². The van der Waals surface area contributed by atoms with Gasteiger partial charge in [0.1, 0.15) is 0 Å². The third-order valence-electron chi connectivity index (χ3n) is 3.15. The Morgan fingerprint density at radius 1 is 1.30 bits per heavy atom. The maximum atomic E-state index is 9.64. The number of aliphatic hydroxyl groups is 1. The minimum atomic E-state index is -0.491. The third kappa shape index (κ3) is 3.44. The molecule has 1 fully saturated rings. The minimum Gasteiger partial charge on any atom is -0.464 e. The largest absolute Gasteiger partial charge is 0.464 e. The molecule has 0 bridgehead atoms. The summed E-state index contributed by atoms with van der Waals surface area (Å²) in [5, 5.41) is 12.8. The molecule has 112 valence electrons. The van der Waals surface area contributed by atoms with Gasteiger partial charge in [-0.25, -0.2) is 5.84 Å². The van der Waals surface area contributed by atoms with Crippen LogP contribution in [0.4, 0.5) is 11.9 Å². The van der Waals surface area contributed by atoms with Gasteiger partial charge < -0.3 is 19.9 Å². The Balaban J connectivity index is 2.19. The van der Waals surface area contributed by atoms with Gasteiger partial charge >= 0.3 is 6.01 Å². The number of nitrogens with one attached hydrogen (secondary N) is 2. The van der Waals surface area contributed by atoms with Crippen LogP contribution in [0.25, 0.3) is 0 Å². The molecule has 0 amide bonds. The molecule has 1 saturated heterocycles. The summed E-state index contributed by atoms with van der Waals surface area (Å²) >= 11 is 0. The van der Waals surface area contributed by atoms with E-state index in [-0.39, 0.29) is 18.6 Å². The first-order valence-corrected chi connectivity index (χ1v) is 6.53. The van der Waals surface area contributed by atoms with Gasteiger partial charge in [0.05, 0.1) is 18.8 Å². The molecule has 0 radical (unpaired) electrons. The highest BCUT2D eigenvalue weighted by Crippen LogP contribution is 2.25. The minimum absolute atomic E-state index is 0.0304. The Hall–Kier alpha value is -1.71. The van der Waals surface area contributed by atoms with Crippen molar-refractivity contribution in [1.29, 1.82) is 0 Å². The topological polar surface area (TPSA) is 127 Å². The molecule has 1 aromatic rings. The Bertz CT molecular complexity index is 438. The van der Waals surface area contributed by atoms with Gasteiger partial charge in [0.25, 0.3) is 0 Å². The lowest BCUT2D eigenvalue weighted by Gasteiger charge is -2.36. The van der Waals surface area contributed by atoms with Gasteiger partial charge in [-0.15, -0.1) is 0 Å². The van der Waals surface area contributed by atoms with Crippen LogP contribution >= 0.6 is 0 Å². The summed E-state index contributed by atoms with van der Waals surface area (Å²) in [6, 6.07) is 0.179. The molecule has 9 heteroatoms. The molecule has 0 saturated carbocycles. The number of aromatic nitrogens is 3. The SMILES string of the molecule is CCOc1nc(NN)nc(NC2(CO)CCOCC2)n1. The maximum Gasteiger partial charge on any atom is 0.323 e. The van der Waals surface area contributed by atoms with Crippen LogP contribution in [0.5, 0.6) is 6.01 Å². The Morgan fingerprint density at radius 3 is 2.60 bits per heavy atom. The lowest BCUT2D eigenvalue weighted by molar-refractivity contribution is 0.0376. The molecule has 2 rings (SSSR count). The van der Waals surface area contributed by atoms with Crippen LogP contribution in [0.3, 0.4) is 0 Å². The first kappa shape index (κ1) is 14.7. The van der Waals surface area contributed by atoms with Crippen molar-refractivity contribution in [2.45, 2.75) is 25.3 Å². The van der Waals surface area contributed by atoms with Crippen molar-refractivity contribution in [3.05, 3.63) is 0 Å². The predicted octanol–water partition coefficient (Wildman–Crippen LogP) is -0.491. The number of hydrogen-bond donors (Lipinski definition) is 4. The Kier molecular flexibility index (Phi) is 4.88. The van der Waals surface area contributed by atoms with Gasteiger partial charge in [0.15, 0.2) is 0 Å². The van der Waals surface area contributed by atoms with Gasteiger partial charge in [-0.05, 0) is 19.8 Å². The van der Waals surface area contributed by atoms with Gasteiger partial charge in [0, 0.05) is 13.2 Å². The van der Waals surface area contributed by atoms with E-state index >= 15 is 0 Å². The van der Waals surface area contributed by atoms with Gasteiger partial charge in [-0.2, -0.15) is 15.0 Å². The van der Waals surface area contributed by atoms with Crippen molar-refractivity contribution in [3.63, 3.8) is 0 Å². The van der Waals surface area contributed by atoms with E-state index in [2.05, 4.69) is 25.7 Å². The van der Waals surface area contributed by atoms with E-state index in [9.17, 15) is 5.11 Å². The zero-order valence-electron chi connectivity index (χ0n) is 11.4. The van der Waals surface area contributed by atoms with Crippen LogP contribution in [-0.2, 0) is 4.74 Å². The van der Waals surface area contributed by atoms with E-state index in [1.54, 1.807) is 0 Å². The molecule has 2 heterocycles. The molecule has 1 aliphatic rings. The molecule has 0 aliphatic carbocycles. The normalized spacial score (nSPS) is 17.6. The lowest BCUT2D eigenvalue weighted by Crippen LogP contribution is -2.47. The average Bonchev–Trinajstić information content (AvgIpc) is 2.48. The highest BCUT2D eigenvalue weighted by atomic mass is 16.5. The average molecular weight is 284 g/mol. The number of aliphatic hydroxyl groups excluding tert-OH is 1. The second-order valence-corrected chi connectivity index (χ2v) is 4.52. The van der Waals surface area contributed by atoms with Crippen LogP contribution in [0, 0.1) is 0 Å². The molecular formula is C11H20N6O3.